The Bertz CT molecular complexity index is 1020. The van der Waals surface area contributed by atoms with E-state index in [0.29, 0.717) is 35.6 Å². The maximum atomic E-state index is 12.7. The maximum absolute atomic E-state index is 12.7. The van der Waals surface area contributed by atoms with Gasteiger partial charge in [-0.15, -0.1) is 0 Å². The van der Waals surface area contributed by atoms with Gasteiger partial charge in [-0.1, -0.05) is 23.8 Å². The van der Waals surface area contributed by atoms with Crippen molar-refractivity contribution in [2.45, 2.75) is 32.6 Å². The summed E-state index contributed by atoms with van der Waals surface area (Å²) in [5.74, 6) is 0.442. The number of amidine groups is 1. The van der Waals surface area contributed by atoms with Gasteiger partial charge < -0.3 is 11.1 Å². The van der Waals surface area contributed by atoms with Gasteiger partial charge in [0.15, 0.2) is 5.78 Å². The first-order valence-electron chi connectivity index (χ1n) is 9.11. The van der Waals surface area contributed by atoms with E-state index in [1.807, 2.05) is 31.2 Å². The molecule has 4 rings (SSSR count). The molecule has 2 aromatic rings. The van der Waals surface area contributed by atoms with Gasteiger partial charge >= 0.3 is 0 Å². The molecule has 3 N–H and O–H groups in total. The monoisotopic (exact) mass is 359 g/mol. The molecule has 1 aliphatic carbocycles. The van der Waals surface area contributed by atoms with Crippen LogP contribution in [0.2, 0.25) is 0 Å². The van der Waals surface area contributed by atoms with Crippen LogP contribution in [0.1, 0.15) is 58.0 Å². The number of rotatable bonds is 2. The number of ketones is 1. The molecule has 0 saturated carbocycles. The van der Waals surface area contributed by atoms with E-state index in [-0.39, 0.29) is 11.7 Å². The Morgan fingerprint density at radius 3 is 2.85 bits per heavy atom. The lowest BCUT2D eigenvalue weighted by Crippen LogP contribution is -2.15. The molecule has 5 heteroatoms. The van der Waals surface area contributed by atoms with Gasteiger partial charge in [0.2, 0.25) is 0 Å². The fraction of sp³-hybridized carbons (Fsp3) is 0.227. The Morgan fingerprint density at radius 2 is 2.00 bits per heavy atom. The maximum Gasteiger partial charge on any atom is 0.255 e. The largest absolute Gasteiger partial charge is 0.387 e. The molecule has 1 aliphatic heterocycles. The molecule has 0 unspecified atom stereocenters. The molecular formula is C22H21N3O2. The third-order valence-electron chi connectivity index (χ3n) is 4.94. The average molecular weight is 359 g/mol. The summed E-state index contributed by atoms with van der Waals surface area (Å²) < 4.78 is 0. The number of amides is 1. The number of anilines is 1. The predicted octanol–water partition coefficient (Wildman–Crippen LogP) is 4.25. The number of hydrogen-bond acceptors (Lipinski definition) is 4. The van der Waals surface area contributed by atoms with Crippen LogP contribution in [0, 0.1) is 0 Å². The van der Waals surface area contributed by atoms with Gasteiger partial charge in [0, 0.05) is 35.2 Å². The highest BCUT2D eigenvalue weighted by atomic mass is 16.1. The first-order valence-corrected chi connectivity index (χ1v) is 9.11. The Balaban J connectivity index is 1.60. The van der Waals surface area contributed by atoms with Gasteiger partial charge in [0.1, 0.15) is 5.84 Å². The van der Waals surface area contributed by atoms with Crippen LogP contribution >= 0.6 is 0 Å². The fourth-order valence-corrected chi connectivity index (χ4v) is 3.61. The zero-order valence-corrected chi connectivity index (χ0v) is 15.2. The van der Waals surface area contributed by atoms with E-state index in [1.165, 1.54) is 0 Å². The molecule has 0 fully saturated rings. The third kappa shape index (κ3) is 3.53. The lowest BCUT2D eigenvalue weighted by atomic mass is 9.90. The second-order valence-electron chi connectivity index (χ2n) is 7.15. The summed E-state index contributed by atoms with van der Waals surface area (Å²) in [6.45, 7) is 2.01. The van der Waals surface area contributed by atoms with E-state index in [0.717, 1.165) is 35.1 Å². The minimum atomic E-state index is -0.236. The van der Waals surface area contributed by atoms with Crippen LogP contribution in [0.4, 0.5) is 11.4 Å². The molecule has 0 radical (unpaired) electrons. The SMILES string of the molecule is CC1=Cc2ccc(C(=O)Nc3ccc4c(c3)C(=O)CCC4)cc2N=C(N)C1. The number of benzene rings is 2. The van der Waals surface area contributed by atoms with Gasteiger partial charge in [0.25, 0.3) is 5.91 Å². The van der Waals surface area contributed by atoms with Crippen molar-refractivity contribution in [3.8, 4) is 0 Å². The summed E-state index contributed by atoms with van der Waals surface area (Å²) in [4.78, 5) is 29.2. The number of carbonyl (C=O) groups is 2. The zero-order chi connectivity index (χ0) is 19.0. The molecule has 2 aromatic carbocycles. The summed E-state index contributed by atoms with van der Waals surface area (Å²) in [5.41, 5.74) is 11.6. The Morgan fingerprint density at radius 1 is 1.15 bits per heavy atom. The molecule has 0 aromatic heterocycles. The van der Waals surface area contributed by atoms with Gasteiger partial charge in [-0.25, -0.2) is 4.99 Å². The summed E-state index contributed by atoms with van der Waals surface area (Å²) in [5, 5.41) is 2.89. The summed E-state index contributed by atoms with van der Waals surface area (Å²) in [6, 6.07) is 11.0. The highest BCUT2D eigenvalue weighted by molar-refractivity contribution is 6.06. The van der Waals surface area contributed by atoms with E-state index in [2.05, 4.69) is 10.3 Å². The fourth-order valence-electron chi connectivity index (χ4n) is 3.61. The number of nitrogens with one attached hydrogen (secondary N) is 1. The van der Waals surface area contributed by atoms with Crippen molar-refractivity contribution < 1.29 is 9.59 Å². The molecule has 27 heavy (non-hydrogen) atoms. The van der Waals surface area contributed by atoms with Crippen molar-refractivity contribution in [1.82, 2.24) is 0 Å². The number of Topliss-reactive ketones (excluding diaryl/α,β-unsaturated/α-hetero) is 1. The normalized spacial score (nSPS) is 15.8. The Hall–Kier alpha value is -3.21. The highest BCUT2D eigenvalue weighted by Gasteiger charge is 2.18. The van der Waals surface area contributed by atoms with Crippen molar-refractivity contribution in [2.75, 3.05) is 5.32 Å². The van der Waals surface area contributed by atoms with E-state index in [1.54, 1.807) is 18.2 Å². The van der Waals surface area contributed by atoms with Crippen molar-refractivity contribution in [2.24, 2.45) is 10.7 Å². The van der Waals surface area contributed by atoms with Crippen molar-refractivity contribution in [3.05, 3.63) is 64.2 Å². The van der Waals surface area contributed by atoms with E-state index in [4.69, 9.17) is 5.73 Å². The molecule has 0 saturated heterocycles. The topological polar surface area (TPSA) is 84.5 Å². The lowest BCUT2D eigenvalue weighted by Gasteiger charge is -2.16. The molecule has 0 bridgehead atoms. The summed E-state index contributed by atoms with van der Waals surface area (Å²) in [6.07, 6.45) is 5.03. The first-order chi connectivity index (χ1) is 13.0. The quantitative estimate of drug-likeness (QED) is 0.840. The molecule has 5 nitrogen and oxygen atoms in total. The van der Waals surface area contributed by atoms with Crippen molar-refractivity contribution in [3.63, 3.8) is 0 Å². The second kappa shape index (κ2) is 6.83. The van der Waals surface area contributed by atoms with E-state index in [9.17, 15) is 9.59 Å². The summed E-state index contributed by atoms with van der Waals surface area (Å²) in [7, 11) is 0. The lowest BCUT2D eigenvalue weighted by molar-refractivity contribution is 0.0970. The standard InChI is InChI=1S/C22H21N3O2/c1-13-9-15-5-6-16(11-19(15)25-21(23)10-13)22(27)24-17-8-7-14-3-2-4-20(26)18(14)12-17/h5-9,11-12H,2-4,10H2,1H3,(H2,23,25)(H,24,27). The Kier molecular flexibility index (Phi) is 4.36. The van der Waals surface area contributed by atoms with Crippen LogP contribution in [0.3, 0.4) is 0 Å². The minimum absolute atomic E-state index is 0.143. The van der Waals surface area contributed by atoms with Crippen LogP contribution in [-0.4, -0.2) is 17.5 Å². The molecule has 136 valence electrons. The highest BCUT2D eigenvalue weighted by Crippen LogP contribution is 2.28. The number of aryl methyl sites for hydroxylation is 1. The number of nitrogens with two attached hydrogens (primary N) is 1. The third-order valence-corrected chi connectivity index (χ3v) is 4.94. The minimum Gasteiger partial charge on any atom is -0.387 e. The van der Waals surface area contributed by atoms with Crippen molar-refractivity contribution >= 4 is 35.0 Å². The number of fused-ring (bicyclic) bond motifs is 2. The van der Waals surface area contributed by atoms with E-state index >= 15 is 0 Å². The Labute approximate surface area is 158 Å². The predicted molar refractivity (Wildman–Crippen MR) is 108 cm³/mol. The van der Waals surface area contributed by atoms with E-state index < -0.39 is 0 Å². The number of carbonyl (C=O) groups excluding carboxylic acids is 2. The molecule has 0 atom stereocenters. The van der Waals surface area contributed by atoms with Crippen molar-refractivity contribution in [1.29, 1.82) is 0 Å². The van der Waals surface area contributed by atoms with Crippen LogP contribution in [0.5, 0.6) is 0 Å². The van der Waals surface area contributed by atoms with Crippen LogP contribution in [-0.2, 0) is 6.42 Å². The zero-order valence-electron chi connectivity index (χ0n) is 15.2. The molecule has 1 amide bonds. The smallest absolute Gasteiger partial charge is 0.255 e. The molecular weight excluding hydrogens is 338 g/mol. The first kappa shape index (κ1) is 17.2. The van der Waals surface area contributed by atoms with Gasteiger partial charge in [-0.3, -0.25) is 9.59 Å². The second-order valence-corrected chi connectivity index (χ2v) is 7.15. The number of hydrogen-bond donors (Lipinski definition) is 2. The summed E-state index contributed by atoms with van der Waals surface area (Å²) >= 11 is 0. The number of nitrogens with zero attached hydrogens (tertiary/aromatic N) is 1. The number of aliphatic imine (C=N–C) groups is 1. The average Bonchev–Trinajstić information content (AvgIpc) is 2.77. The van der Waals surface area contributed by atoms with Gasteiger partial charge in [-0.05, 0) is 49.6 Å². The van der Waals surface area contributed by atoms with Gasteiger partial charge in [-0.2, -0.15) is 0 Å². The molecule has 2 aliphatic rings. The molecule has 0 spiro atoms. The van der Waals surface area contributed by atoms with Crippen LogP contribution < -0.4 is 11.1 Å². The van der Waals surface area contributed by atoms with Crippen LogP contribution in [0.15, 0.2) is 47.0 Å². The van der Waals surface area contributed by atoms with Crippen LogP contribution in [0.25, 0.3) is 6.08 Å². The molecule has 1 heterocycles. The van der Waals surface area contributed by atoms with Gasteiger partial charge in [0.05, 0.1) is 5.69 Å².